The first-order valence-corrected chi connectivity index (χ1v) is 11.6. The minimum atomic E-state index is -4.98. The molecule has 0 spiro atoms. The van der Waals surface area contributed by atoms with Gasteiger partial charge in [0.05, 0.1) is 17.6 Å². The van der Waals surface area contributed by atoms with Gasteiger partial charge in [0.1, 0.15) is 23.0 Å². The number of aromatic hydroxyl groups is 1. The Morgan fingerprint density at radius 1 is 1.39 bits per heavy atom. The van der Waals surface area contributed by atoms with E-state index in [0.717, 1.165) is 6.07 Å². The maximum absolute atomic E-state index is 13.9. The predicted molar refractivity (Wildman–Crippen MR) is 103 cm³/mol. The number of pyridine rings is 1. The Morgan fingerprint density at radius 3 is 2.55 bits per heavy atom. The van der Waals surface area contributed by atoms with Gasteiger partial charge in [-0.05, 0) is 50.7 Å². The van der Waals surface area contributed by atoms with E-state index in [1.165, 1.54) is 13.0 Å². The first-order valence-electron chi connectivity index (χ1n) is 9.77. The van der Waals surface area contributed by atoms with Crippen LogP contribution in [-0.4, -0.2) is 53.7 Å². The van der Waals surface area contributed by atoms with Crippen molar-refractivity contribution in [2.24, 2.45) is 5.92 Å². The number of carbonyl (C=O) groups is 1. The predicted octanol–water partition coefficient (Wildman–Crippen LogP) is 1.65. The van der Waals surface area contributed by atoms with E-state index in [9.17, 15) is 36.8 Å². The zero-order valence-corrected chi connectivity index (χ0v) is 17.6. The third kappa shape index (κ3) is 6.07. The van der Waals surface area contributed by atoms with Crippen LogP contribution in [0, 0.1) is 24.2 Å². The molecule has 0 aromatic carbocycles. The van der Waals surface area contributed by atoms with E-state index in [-0.39, 0.29) is 17.4 Å². The Hall–Kier alpha value is -2.39. The van der Waals surface area contributed by atoms with E-state index < -0.39 is 56.7 Å². The lowest BCUT2D eigenvalue weighted by molar-refractivity contribution is -0.161. The molecule has 1 aromatic heterocycles. The van der Waals surface area contributed by atoms with E-state index in [1.54, 1.807) is 0 Å². The molecule has 2 saturated carbocycles. The van der Waals surface area contributed by atoms with Crippen molar-refractivity contribution in [1.29, 1.82) is 5.26 Å². The standard InChI is InChI=1S/C19H23F3N4O4S/c1-11-2-5-14(27)15(24-11)16(19(20,21)22)25-13(9-31(29,30)8-12-3-4-12)17(28)26-18(10-23)6-7-18/h2,5,12-13,16,25,27H,3-4,6-9H2,1H3,(H,26,28)/t13?,16-/m1/s1. The van der Waals surface area contributed by atoms with Crippen molar-refractivity contribution < 1.29 is 31.5 Å². The third-order valence-corrected chi connectivity index (χ3v) is 7.08. The van der Waals surface area contributed by atoms with Gasteiger partial charge in [0.2, 0.25) is 5.91 Å². The Morgan fingerprint density at radius 2 is 2.03 bits per heavy atom. The second-order valence-corrected chi connectivity index (χ2v) is 10.4. The van der Waals surface area contributed by atoms with E-state index in [4.69, 9.17) is 0 Å². The van der Waals surface area contributed by atoms with Crippen LogP contribution in [0.2, 0.25) is 0 Å². The number of sulfone groups is 1. The fourth-order valence-electron chi connectivity index (χ4n) is 3.19. The molecule has 0 bridgehead atoms. The molecule has 1 aromatic rings. The number of hydrogen-bond acceptors (Lipinski definition) is 7. The van der Waals surface area contributed by atoms with Gasteiger partial charge < -0.3 is 10.4 Å². The second kappa shape index (κ2) is 8.27. The number of nitrogens with one attached hydrogen (secondary N) is 2. The van der Waals surface area contributed by atoms with Gasteiger partial charge in [-0.3, -0.25) is 15.1 Å². The fraction of sp³-hybridized carbons (Fsp3) is 0.632. The molecule has 0 aliphatic heterocycles. The molecule has 12 heteroatoms. The van der Waals surface area contributed by atoms with Gasteiger partial charge in [0, 0.05) is 5.69 Å². The molecule has 1 unspecified atom stereocenters. The molecule has 2 atom stereocenters. The van der Waals surface area contributed by atoms with Gasteiger partial charge in [0.25, 0.3) is 0 Å². The normalized spacial score (nSPS) is 19.8. The van der Waals surface area contributed by atoms with Crippen LogP contribution in [0.3, 0.4) is 0 Å². The van der Waals surface area contributed by atoms with E-state index in [2.05, 4.69) is 15.6 Å². The van der Waals surface area contributed by atoms with Gasteiger partial charge >= 0.3 is 6.18 Å². The van der Waals surface area contributed by atoms with Crippen LogP contribution in [0.4, 0.5) is 13.2 Å². The van der Waals surface area contributed by atoms with Crippen LogP contribution in [0.5, 0.6) is 5.75 Å². The smallest absolute Gasteiger partial charge is 0.409 e. The molecule has 1 heterocycles. The van der Waals surface area contributed by atoms with Crippen LogP contribution >= 0.6 is 0 Å². The van der Waals surface area contributed by atoms with Gasteiger partial charge in [0.15, 0.2) is 15.9 Å². The first-order chi connectivity index (χ1) is 14.3. The molecule has 3 N–H and O–H groups in total. The van der Waals surface area contributed by atoms with Crippen molar-refractivity contribution in [2.75, 3.05) is 11.5 Å². The molecule has 2 aliphatic carbocycles. The second-order valence-electron chi connectivity index (χ2n) is 8.25. The molecule has 0 radical (unpaired) electrons. The highest BCUT2D eigenvalue weighted by Crippen LogP contribution is 2.37. The van der Waals surface area contributed by atoms with E-state index in [1.807, 2.05) is 6.07 Å². The van der Waals surface area contributed by atoms with Gasteiger partial charge in [-0.1, -0.05) is 0 Å². The summed E-state index contributed by atoms with van der Waals surface area (Å²) in [6.07, 6.45) is -2.89. The number of amides is 1. The molecule has 2 fully saturated rings. The lowest BCUT2D eigenvalue weighted by Gasteiger charge is -2.27. The molecule has 31 heavy (non-hydrogen) atoms. The number of carbonyl (C=O) groups excluding carboxylic acids is 1. The summed E-state index contributed by atoms with van der Waals surface area (Å²) in [5, 5.41) is 23.5. The molecule has 1 amide bonds. The zero-order chi connectivity index (χ0) is 23.0. The lowest BCUT2D eigenvalue weighted by atomic mass is 10.1. The molecule has 0 saturated heterocycles. The SMILES string of the molecule is Cc1ccc(O)c([C@@H](NC(CS(=O)(=O)CC2CC2)C(=O)NC2(C#N)CC2)C(F)(F)F)n1. The topological polar surface area (TPSA) is 132 Å². The van der Waals surface area contributed by atoms with Crippen LogP contribution in [0.1, 0.15) is 43.1 Å². The number of nitriles is 1. The van der Waals surface area contributed by atoms with Gasteiger partial charge in [-0.25, -0.2) is 8.42 Å². The van der Waals surface area contributed by atoms with Crippen LogP contribution < -0.4 is 10.6 Å². The summed E-state index contributed by atoms with van der Waals surface area (Å²) in [7, 11) is -3.85. The third-order valence-electron chi connectivity index (χ3n) is 5.26. The number of nitrogens with zero attached hydrogens (tertiary/aromatic N) is 2. The Kier molecular flexibility index (Phi) is 6.21. The summed E-state index contributed by atoms with van der Waals surface area (Å²) in [6.45, 7) is 1.43. The highest BCUT2D eigenvalue weighted by molar-refractivity contribution is 7.91. The van der Waals surface area contributed by atoms with Crippen molar-refractivity contribution in [3.8, 4) is 11.8 Å². The Labute approximate surface area is 177 Å². The number of aromatic nitrogens is 1. The highest BCUT2D eigenvalue weighted by atomic mass is 32.2. The number of halogens is 3. The monoisotopic (exact) mass is 460 g/mol. The van der Waals surface area contributed by atoms with Crippen molar-refractivity contribution in [2.45, 2.75) is 56.4 Å². The molecular weight excluding hydrogens is 437 g/mol. The zero-order valence-electron chi connectivity index (χ0n) is 16.7. The number of rotatable bonds is 9. The Balaban J connectivity index is 1.90. The van der Waals surface area contributed by atoms with Crippen LogP contribution in [-0.2, 0) is 14.6 Å². The van der Waals surface area contributed by atoms with Crippen molar-refractivity contribution >= 4 is 15.7 Å². The number of hydrogen-bond donors (Lipinski definition) is 3. The molecular formula is C19H23F3N4O4S. The summed E-state index contributed by atoms with van der Waals surface area (Å²) in [5.41, 5.74) is -1.74. The maximum atomic E-state index is 13.9. The molecule has 3 rings (SSSR count). The largest absolute Gasteiger partial charge is 0.506 e. The van der Waals surface area contributed by atoms with Crippen LogP contribution in [0.25, 0.3) is 0 Å². The summed E-state index contributed by atoms with van der Waals surface area (Å²) < 4.78 is 66.6. The fourth-order valence-corrected chi connectivity index (χ4v) is 5.13. The number of aryl methyl sites for hydroxylation is 1. The summed E-state index contributed by atoms with van der Waals surface area (Å²) >= 11 is 0. The van der Waals surface area contributed by atoms with Crippen molar-refractivity contribution in [3.05, 3.63) is 23.5 Å². The summed E-state index contributed by atoms with van der Waals surface area (Å²) in [5.74, 6) is -2.89. The minimum absolute atomic E-state index is 0.0523. The van der Waals surface area contributed by atoms with Gasteiger partial charge in [-0.2, -0.15) is 18.4 Å². The van der Waals surface area contributed by atoms with Crippen molar-refractivity contribution in [1.82, 2.24) is 15.6 Å². The molecule has 8 nitrogen and oxygen atoms in total. The average Bonchev–Trinajstić information content (AvgIpc) is 3.57. The lowest BCUT2D eigenvalue weighted by Crippen LogP contribution is -2.54. The van der Waals surface area contributed by atoms with Gasteiger partial charge in [-0.15, -0.1) is 0 Å². The van der Waals surface area contributed by atoms with Crippen LogP contribution in [0.15, 0.2) is 12.1 Å². The first kappa shape index (κ1) is 23.3. The Bertz CT molecular complexity index is 998. The van der Waals surface area contributed by atoms with Crippen molar-refractivity contribution in [3.63, 3.8) is 0 Å². The molecule has 2 aliphatic rings. The summed E-state index contributed by atoms with van der Waals surface area (Å²) in [4.78, 5) is 16.5. The average molecular weight is 460 g/mol. The molecule has 170 valence electrons. The minimum Gasteiger partial charge on any atom is -0.506 e. The maximum Gasteiger partial charge on any atom is 0.409 e. The quantitative estimate of drug-likeness (QED) is 0.511. The van der Waals surface area contributed by atoms with E-state index in [0.29, 0.717) is 25.7 Å². The van der Waals surface area contributed by atoms with E-state index >= 15 is 0 Å². The number of alkyl halides is 3. The highest BCUT2D eigenvalue weighted by Gasteiger charge is 2.49. The summed E-state index contributed by atoms with van der Waals surface area (Å²) in [6, 6.07) is -0.117.